The van der Waals surface area contributed by atoms with Gasteiger partial charge < -0.3 is 0 Å². The highest BCUT2D eigenvalue weighted by Gasteiger charge is 2.13. The molecule has 3 nitrogen and oxygen atoms in total. The fourth-order valence-electron chi connectivity index (χ4n) is 1.33. The highest BCUT2D eigenvalue weighted by molar-refractivity contribution is 7.99. The highest BCUT2D eigenvalue weighted by atomic mass is 32.2. The van der Waals surface area contributed by atoms with Crippen LogP contribution in [0.15, 0.2) is 46.7 Å². The first-order valence-electron chi connectivity index (χ1n) is 4.92. The SMILES string of the molecule is CC(=O)c1cccc(F)c1Sc1cnccn1. The number of carbonyl (C=O) groups excluding carboxylic acids is 1. The molecule has 5 heteroatoms. The fourth-order valence-corrected chi connectivity index (χ4v) is 2.26. The molecule has 0 unspecified atom stereocenters. The number of hydrogen-bond acceptors (Lipinski definition) is 4. The molecular formula is C12H9FN2OS. The van der Waals surface area contributed by atoms with E-state index in [9.17, 15) is 9.18 Å². The van der Waals surface area contributed by atoms with Gasteiger partial charge in [-0.05, 0) is 13.0 Å². The molecule has 1 aromatic heterocycles. The molecule has 0 bridgehead atoms. The maximum atomic E-state index is 13.7. The van der Waals surface area contributed by atoms with E-state index in [0.29, 0.717) is 15.5 Å². The maximum absolute atomic E-state index is 13.7. The van der Waals surface area contributed by atoms with Gasteiger partial charge in [-0.2, -0.15) is 0 Å². The van der Waals surface area contributed by atoms with E-state index in [2.05, 4.69) is 9.97 Å². The van der Waals surface area contributed by atoms with Crippen molar-refractivity contribution in [2.45, 2.75) is 16.8 Å². The lowest BCUT2D eigenvalue weighted by Gasteiger charge is -2.06. The monoisotopic (exact) mass is 248 g/mol. The lowest BCUT2D eigenvalue weighted by Crippen LogP contribution is -1.97. The Kier molecular flexibility index (Phi) is 3.49. The molecule has 86 valence electrons. The van der Waals surface area contributed by atoms with Crippen molar-refractivity contribution in [3.8, 4) is 0 Å². The zero-order valence-corrected chi connectivity index (χ0v) is 9.87. The van der Waals surface area contributed by atoms with Crippen LogP contribution in [-0.4, -0.2) is 15.8 Å². The molecule has 0 aliphatic rings. The average Bonchev–Trinajstić information content (AvgIpc) is 2.33. The molecule has 2 aromatic rings. The second kappa shape index (κ2) is 5.05. The Balaban J connectivity index is 2.41. The van der Waals surface area contributed by atoms with Crippen molar-refractivity contribution in [2.24, 2.45) is 0 Å². The summed E-state index contributed by atoms with van der Waals surface area (Å²) in [7, 11) is 0. The van der Waals surface area contributed by atoms with Crippen LogP contribution in [0.4, 0.5) is 4.39 Å². The summed E-state index contributed by atoms with van der Waals surface area (Å²) in [6.45, 7) is 1.41. The summed E-state index contributed by atoms with van der Waals surface area (Å²) in [5, 5.41) is 0.556. The first-order valence-corrected chi connectivity index (χ1v) is 5.73. The second-order valence-corrected chi connectivity index (χ2v) is 4.35. The minimum Gasteiger partial charge on any atom is -0.294 e. The summed E-state index contributed by atoms with van der Waals surface area (Å²) in [4.78, 5) is 19.6. The molecule has 1 aromatic carbocycles. The van der Waals surface area contributed by atoms with Crippen LogP contribution < -0.4 is 0 Å². The molecule has 0 aliphatic carbocycles. The predicted octanol–water partition coefficient (Wildman–Crippen LogP) is 2.97. The summed E-state index contributed by atoms with van der Waals surface area (Å²) in [5.74, 6) is -0.593. The van der Waals surface area contributed by atoms with E-state index in [1.807, 2.05) is 0 Å². The van der Waals surface area contributed by atoms with Gasteiger partial charge in [-0.15, -0.1) is 0 Å². The molecule has 0 saturated carbocycles. The first-order chi connectivity index (χ1) is 8.18. The van der Waals surface area contributed by atoms with Crippen LogP contribution in [0, 0.1) is 5.82 Å². The summed E-state index contributed by atoms with van der Waals surface area (Å²) in [6.07, 6.45) is 4.59. The van der Waals surface area contributed by atoms with Gasteiger partial charge in [-0.3, -0.25) is 9.78 Å². The van der Waals surface area contributed by atoms with Crippen LogP contribution in [0.5, 0.6) is 0 Å². The third-order valence-electron chi connectivity index (χ3n) is 2.09. The van der Waals surface area contributed by atoms with Crippen LogP contribution in [0.2, 0.25) is 0 Å². The first kappa shape index (κ1) is 11.7. The Bertz CT molecular complexity index is 545. The van der Waals surface area contributed by atoms with E-state index in [1.54, 1.807) is 6.07 Å². The molecule has 0 aliphatic heterocycles. The molecule has 0 amide bonds. The molecule has 2 rings (SSSR count). The number of benzene rings is 1. The van der Waals surface area contributed by atoms with Crippen molar-refractivity contribution < 1.29 is 9.18 Å². The number of nitrogens with zero attached hydrogens (tertiary/aromatic N) is 2. The van der Waals surface area contributed by atoms with Gasteiger partial charge in [0.05, 0.1) is 11.1 Å². The lowest BCUT2D eigenvalue weighted by molar-refractivity contribution is 0.101. The smallest absolute Gasteiger partial charge is 0.161 e. The Morgan fingerprint density at radius 2 is 2.18 bits per heavy atom. The number of Topliss-reactive ketones (excluding diaryl/α,β-unsaturated/α-hetero) is 1. The second-order valence-electron chi connectivity index (χ2n) is 3.32. The Morgan fingerprint density at radius 1 is 1.35 bits per heavy atom. The summed E-state index contributed by atoms with van der Waals surface area (Å²) >= 11 is 1.10. The Morgan fingerprint density at radius 3 is 2.82 bits per heavy atom. The summed E-state index contributed by atoms with van der Waals surface area (Å²) in [6, 6.07) is 4.45. The van der Waals surface area contributed by atoms with Crippen molar-refractivity contribution >= 4 is 17.5 Å². The van der Waals surface area contributed by atoms with E-state index >= 15 is 0 Å². The molecule has 0 atom stereocenters. The minimum absolute atomic E-state index is 0.170. The topological polar surface area (TPSA) is 42.9 Å². The fraction of sp³-hybridized carbons (Fsp3) is 0.0833. The van der Waals surface area contributed by atoms with Crippen LogP contribution in [-0.2, 0) is 0 Å². The molecule has 0 radical (unpaired) electrons. The Labute approximate surface area is 102 Å². The highest BCUT2D eigenvalue weighted by Crippen LogP contribution is 2.31. The van der Waals surface area contributed by atoms with E-state index in [1.165, 1.54) is 37.6 Å². The standard InChI is InChI=1S/C12H9FN2OS/c1-8(16)9-3-2-4-10(13)12(9)17-11-7-14-5-6-15-11/h2-7H,1H3. The van der Waals surface area contributed by atoms with Gasteiger partial charge in [0.1, 0.15) is 10.8 Å². The number of hydrogen-bond donors (Lipinski definition) is 0. The van der Waals surface area contributed by atoms with Gasteiger partial charge in [0.25, 0.3) is 0 Å². The molecule has 0 N–H and O–H groups in total. The molecule has 1 heterocycles. The number of aromatic nitrogens is 2. The van der Waals surface area contributed by atoms with E-state index in [-0.39, 0.29) is 5.78 Å². The van der Waals surface area contributed by atoms with Gasteiger partial charge in [0, 0.05) is 18.0 Å². The van der Waals surface area contributed by atoms with E-state index in [0.717, 1.165) is 11.8 Å². The molecule has 0 spiro atoms. The van der Waals surface area contributed by atoms with Crippen LogP contribution >= 0.6 is 11.8 Å². The van der Waals surface area contributed by atoms with Crippen molar-refractivity contribution in [3.05, 3.63) is 48.2 Å². The minimum atomic E-state index is -0.423. The van der Waals surface area contributed by atoms with Crippen molar-refractivity contribution in [1.29, 1.82) is 0 Å². The molecule has 17 heavy (non-hydrogen) atoms. The molecule has 0 fully saturated rings. The van der Waals surface area contributed by atoms with Crippen molar-refractivity contribution in [2.75, 3.05) is 0 Å². The van der Waals surface area contributed by atoms with Crippen molar-refractivity contribution in [3.63, 3.8) is 0 Å². The Hall–Kier alpha value is -1.75. The zero-order valence-electron chi connectivity index (χ0n) is 9.05. The van der Waals surface area contributed by atoms with Crippen LogP contribution in [0.1, 0.15) is 17.3 Å². The third kappa shape index (κ3) is 2.68. The van der Waals surface area contributed by atoms with Crippen LogP contribution in [0.25, 0.3) is 0 Å². The largest absolute Gasteiger partial charge is 0.294 e. The third-order valence-corrected chi connectivity index (χ3v) is 3.13. The van der Waals surface area contributed by atoms with Crippen LogP contribution in [0.3, 0.4) is 0 Å². The quantitative estimate of drug-likeness (QED) is 0.783. The van der Waals surface area contributed by atoms with Gasteiger partial charge in [0.2, 0.25) is 0 Å². The summed E-state index contributed by atoms with van der Waals surface area (Å²) in [5.41, 5.74) is 0.362. The normalized spacial score (nSPS) is 10.2. The van der Waals surface area contributed by atoms with Crippen molar-refractivity contribution in [1.82, 2.24) is 9.97 Å². The number of carbonyl (C=O) groups is 1. The average molecular weight is 248 g/mol. The molecule has 0 saturated heterocycles. The van der Waals surface area contributed by atoms with Gasteiger partial charge in [0.15, 0.2) is 5.78 Å². The zero-order chi connectivity index (χ0) is 12.3. The van der Waals surface area contributed by atoms with Gasteiger partial charge in [-0.25, -0.2) is 9.37 Å². The maximum Gasteiger partial charge on any atom is 0.161 e. The number of ketones is 1. The molecular weight excluding hydrogens is 239 g/mol. The number of halogens is 1. The summed E-state index contributed by atoms with van der Waals surface area (Å²) < 4.78 is 13.7. The number of rotatable bonds is 3. The van der Waals surface area contributed by atoms with E-state index < -0.39 is 5.82 Å². The van der Waals surface area contributed by atoms with Gasteiger partial charge >= 0.3 is 0 Å². The lowest BCUT2D eigenvalue weighted by atomic mass is 10.1. The van der Waals surface area contributed by atoms with E-state index in [4.69, 9.17) is 0 Å². The van der Waals surface area contributed by atoms with Gasteiger partial charge in [-0.1, -0.05) is 23.9 Å². The predicted molar refractivity (Wildman–Crippen MR) is 62.6 cm³/mol.